The zero-order valence-corrected chi connectivity index (χ0v) is 58.0. The van der Waals surface area contributed by atoms with Crippen molar-refractivity contribution in [1.29, 1.82) is 0 Å². The van der Waals surface area contributed by atoms with E-state index < -0.39 is 168 Å². The molecule has 1 rings (SSSR count). The number of cyclic esters (lactones) is 1. The normalized spacial score (nSPS) is 26.7. The Morgan fingerprint density at radius 3 is 1.37 bits per heavy atom. The van der Waals surface area contributed by atoms with Gasteiger partial charge in [0.2, 0.25) is 53.2 Å². The van der Waals surface area contributed by atoms with Crippen LogP contribution in [-0.2, 0) is 57.5 Å². The van der Waals surface area contributed by atoms with Crippen molar-refractivity contribution in [3.8, 4) is 0 Å². The third-order valence-corrected chi connectivity index (χ3v) is 16.1. The van der Waals surface area contributed by atoms with Crippen LogP contribution in [0, 0.1) is 41.4 Å². The summed E-state index contributed by atoms with van der Waals surface area (Å²) in [4.78, 5) is 167. The predicted molar refractivity (Wildman–Crippen MR) is 338 cm³/mol. The van der Waals surface area contributed by atoms with E-state index in [1.807, 2.05) is 41.5 Å². The largest absolute Gasteiger partial charge is 0.450 e. The van der Waals surface area contributed by atoms with Crippen molar-refractivity contribution in [2.24, 2.45) is 41.4 Å². The Morgan fingerprint density at radius 2 is 0.955 bits per heavy atom. The van der Waals surface area contributed by atoms with E-state index in [0.717, 1.165) is 24.5 Å². The lowest BCUT2D eigenvalue weighted by Gasteiger charge is -2.40. The molecule has 0 saturated carbocycles. The van der Waals surface area contributed by atoms with Crippen LogP contribution >= 0.6 is 0 Å². The van der Waals surface area contributed by atoms with E-state index in [9.17, 15) is 63.3 Å². The van der Waals surface area contributed by atoms with Crippen molar-refractivity contribution in [3.05, 3.63) is 12.2 Å². The highest BCUT2D eigenvalue weighted by Gasteiger charge is 2.46. The first-order valence-corrected chi connectivity index (χ1v) is 31.5. The fraction of sp³-hybridized carbons (Fsp3) is 0.797. The Hall–Kier alpha value is -6.21. The monoisotopic (exact) mass is 1260 g/mol. The third kappa shape index (κ3) is 24.2. The highest BCUT2D eigenvalue weighted by atomic mass is 16.6. The van der Waals surface area contributed by atoms with E-state index in [4.69, 9.17) is 4.74 Å². The fourth-order valence-corrected chi connectivity index (χ4v) is 10.8. The zero-order chi connectivity index (χ0) is 69.2. The average Bonchev–Trinajstić information content (AvgIpc) is 1.16. The van der Waals surface area contributed by atoms with E-state index in [2.05, 4.69) is 21.3 Å². The lowest BCUT2D eigenvalue weighted by molar-refractivity contribution is -0.166. The van der Waals surface area contributed by atoms with E-state index in [-0.39, 0.29) is 62.2 Å². The van der Waals surface area contributed by atoms with Crippen molar-refractivity contribution in [3.63, 3.8) is 0 Å². The standard InChI is InChI=1S/C64H114N10O15/c1-25-26-27-40(14)52(77)51-57(81)68-49(42(16)75)60(84)69(19)33-48(76)70(20)47(32-64(17,18)88)56(80)67-43(28-34(2)3)58(82)71(21)45(30-36(6)7)54(78)65-41(15)63(87)89-53(39(12)13)62(86)72(22)46(31-37(8)9)55(79)66-44(29-35(4)5)59(83)73(23)50(38(10)11)61(85)74(51)24/h25-26,34-47,49-53,75,77,88H,27-33H2,1-24H3,(H,65,78)(H,66,79)(H,67,80)(H,68,81)/b26-25+/t40-,41+,42-,43+,44+,45+,46+,47+,49+,50+,51+,52-,53-/m1/s1. The van der Waals surface area contributed by atoms with Gasteiger partial charge in [-0.3, -0.25) is 47.9 Å². The van der Waals surface area contributed by atoms with Crippen LogP contribution in [-0.4, -0.2) is 237 Å². The number of hydrogen-bond donors (Lipinski definition) is 7. The molecule has 0 radical (unpaired) electrons. The van der Waals surface area contributed by atoms with Gasteiger partial charge in [-0.05, 0) is 108 Å². The lowest BCUT2D eigenvalue weighted by atomic mass is 9.91. The molecular weight excluding hydrogens is 1150 g/mol. The molecule has 0 aliphatic carbocycles. The molecule has 10 amide bonds. The number of rotatable bonds is 17. The van der Waals surface area contributed by atoms with Crippen LogP contribution in [0.25, 0.3) is 0 Å². The maximum absolute atomic E-state index is 15.1. The molecule has 0 aromatic rings. The topological polar surface area (TPSA) is 325 Å². The molecule has 7 N–H and O–H groups in total. The molecule has 0 aromatic carbocycles. The minimum absolute atomic E-state index is 0.0472. The quantitative estimate of drug-likeness (QED) is 0.0813. The number of carbonyl (C=O) groups is 11. The number of likely N-dealkylation sites (N-methyl/N-ethyl adjacent to an activating group) is 6. The Bertz CT molecular complexity index is 2440. The van der Waals surface area contributed by atoms with Gasteiger partial charge >= 0.3 is 5.97 Å². The van der Waals surface area contributed by atoms with Gasteiger partial charge in [0.1, 0.15) is 54.4 Å². The molecule has 89 heavy (non-hydrogen) atoms. The van der Waals surface area contributed by atoms with Gasteiger partial charge in [-0.25, -0.2) is 4.79 Å². The minimum Gasteiger partial charge on any atom is -0.450 e. The summed E-state index contributed by atoms with van der Waals surface area (Å²) >= 11 is 0. The number of hydrogen-bond acceptors (Lipinski definition) is 15. The number of allylic oxidation sites excluding steroid dienone is 2. The predicted octanol–water partition coefficient (Wildman–Crippen LogP) is 2.47. The lowest BCUT2D eigenvalue weighted by Crippen LogP contribution is -2.64. The van der Waals surface area contributed by atoms with Gasteiger partial charge in [0.05, 0.1) is 24.4 Å². The second-order valence-electron chi connectivity index (χ2n) is 27.7. The maximum atomic E-state index is 15.1. The number of aliphatic hydroxyl groups excluding tert-OH is 2. The van der Waals surface area contributed by atoms with E-state index in [1.54, 1.807) is 67.5 Å². The van der Waals surface area contributed by atoms with Gasteiger partial charge in [-0.1, -0.05) is 102 Å². The second-order valence-corrected chi connectivity index (χ2v) is 27.7. The Balaban J connectivity index is 4.44. The van der Waals surface area contributed by atoms with Gasteiger partial charge in [-0.2, -0.15) is 0 Å². The highest BCUT2D eigenvalue weighted by molar-refractivity contribution is 5.99. The van der Waals surface area contributed by atoms with Crippen molar-refractivity contribution in [1.82, 2.24) is 50.7 Å². The number of aliphatic hydroxyl groups is 3. The Kier molecular flexibility index (Phi) is 32.7. The van der Waals surface area contributed by atoms with Crippen molar-refractivity contribution in [2.45, 2.75) is 241 Å². The minimum atomic E-state index is -1.79. The smallest absolute Gasteiger partial charge is 0.329 e. The van der Waals surface area contributed by atoms with E-state index in [0.29, 0.717) is 0 Å². The highest BCUT2D eigenvalue weighted by Crippen LogP contribution is 2.25. The average molecular weight is 1260 g/mol. The van der Waals surface area contributed by atoms with Gasteiger partial charge in [0.25, 0.3) is 5.91 Å². The van der Waals surface area contributed by atoms with Gasteiger partial charge in [0, 0.05) is 48.7 Å². The zero-order valence-electron chi connectivity index (χ0n) is 58.0. The summed E-state index contributed by atoms with van der Waals surface area (Å²) in [6, 6.07) is -12.8. The molecule has 510 valence electrons. The number of amides is 10. The van der Waals surface area contributed by atoms with Crippen molar-refractivity contribution >= 4 is 65.0 Å². The summed E-state index contributed by atoms with van der Waals surface area (Å²) in [6.07, 6.45) is -1.10. The molecule has 1 fully saturated rings. The first-order chi connectivity index (χ1) is 40.8. The van der Waals surface area contributed by atoms with Crippen LogP contribution < -0.4 is 21.3 Å². The summed E-state index contributed by atoms with van der Waals surface area (Å²) < 4.78 is 5.88. The van der Waals surface area contributed by atoms with Crippen LogP contribution in [0.1, 0.15) is 163 Å². The van der Waals surface area contributed by atoms with Gasteiger partial charge < -0.3 is 70.7 Å². The Morgan fingerprint density at radius 1 is 0.528 bits per heavy atom. The summed E-state index contributed by atoms with van der Waals surface area (Å²) in [5, 5.41) is 45.2. The van der Waals surface area contributed by atoms with Crippen LogP contribution in [0.2, 0.25) is 0 Å². The van der Waals surface area contributed by atoms with E-state index >= 15 is 4.79 Å². The van der Waals surface area contributed by atoms with Crippen molar-refractivity contribution < 1.29 is 72.8 Å². The molecule has 0 aromatic heterocycles. The summed E-state index contributed by atoms with van der Waals surface area (Å²) in [5.41, 5.74) is -1.59. The number of carbonyl (C=O) groups excluding carboxylic acids is 11. The summed E-state index contributed by atoms with van der Waals surface area (Å²) in [5.74, 6) is -12.1. The Labute approximate surface area is 530 Å². The molecular formula is C64H114N10O15. The molecule has 1 heterocycles. The van der Waals surface area contributed by atoms with E-state index in [1.165, 1.54) is 74.9 Å². The SMILES string of the molecule is C/C=C/C[C@@H](C)[C@@H](O)[C@H]1C(=O)N[C@@H]([C@@H](C)O)C(=O)N(C)CC(=O)N(C)[C@@H](CC(C)(C)O)C(=O)N[C@@H](CC(C)C)C(=O)N(C)[C@@H](CC(C)C)C(=O)N[C@@H](C)C(=O)O[C@H](C(C)C)C(=O)N(C)[C@@H](CC(C)C)C(=O)N[C@@H](CC(C)C)C(=O)N(C)[C@@H](C(C)C)C(=O)N1C. The third-order valence-electron chi connectivity index (χ3n) is 16.1. The van der Waals surface area contributed by atoms with Crippen LogP contribution in [0.15, 0.2) is 12.2 Å². The van der Waals surface area contributed by atoms with Crippen LogP contribution in [0.4, 0.5) is 0 Å². The molecule has 13 atom stereocenters. The molecule has 0 unspecified atom stereocenters. The number of esters is 1. The first-order valence-electron chi connectivity index (χ1n) is 31.5. The molecule has 0 spiro atoms. The second kappa shape index (κ2) is 36.0. The number of nitrogens with zero attached hydrogens (tertiary/aromatic N) is 6. The molecule has 1 aliphatic rings. The summed E-state index contributed by atoms with van der Waals surface area (Å²) in [7, 11) is 7.88. The maximum Gasteiger partial charge on any atom is 0.329 e. The summed E-state index contributed by atoms with van der Waals surface area (Å²) in [6.45, 7) is 29.2. The molecule has 25 nitrogen and oxygen atoms in total. The number of nitrogens with one attached hydrogen (secondary N) is 4. The van der Waals surface area contributed by atoms with Crippen LogP contribution in [0.5, 0.6) is 0 Å². The molecule has 25 heteroatoms. The molecule has 1 saturated heterocycles. The molecule has 0 bridgehead atoms. The molecule has 1 aliphatic heterocycles. The number of ether oxygens (including phenoxy) is 1. The van der Waals surface area contributed by atoms with Crippen molar-refractivity contribution in [2.75, 3.05) is 48.8 Å². The van der Waals surface area contributed by atoms with Crippen LogP contribution in [0.3, 0.4) is 0 Å². The van der Waals surface area contributed by atoms with Gasteiger partial charge in [0.15, 0.2) is 6.10 Å². The van der Waals surface area contributed by atoms with Gasteiger partial charge in [-0.15, -0.1) is 0 Å². The fourth-order valence-electron chi connectivity index (χ4n) is 10.8. The first kappa shape index (κ1) is 80.8.